The Balaban J connectivity index is 1.75. The number of hydrogen-bond donors (Lipinski definition) is 0. The van der Waals surface area contributed by atoms with Crippen LogP contribution in [0.1, 0.15) is 23.1 Å². The number of aromatic nitrogens is 3. The minimum Gasteiger partial charge on any atom is -0.337 e. The number of nitrogens with zero attached hydrogens (tertiary/aromatic N) is 5. The zero-order valence-electron chi connectivity index (χ0n) is 16.0. The molecular formula is C20H23N5O2. The quantitative estimate of drug-likeness (QED) is 0.669. The van der Waals surface area contributed by atoms with Gasteiger partial charge in [-0.3, -0.25) is 14.7 Å². The second kappa shape index (κ2) is 8.09. The van der Waals surface area contributed by atoms with E-state index in [1.54, 1.807) is 18.1 Å². The van der Waals surface area contributed by atoms with Gasteiger partial charge in [0.1, 0.15) is 11.7 Å². The molecule has 0 spiro atoms. The number of rotatable bonds is 6. The van der Waals surface area contributed by atoms with Crippen molar-refractivity contribution in [1.29, 1.82) is 0 Å². The van der Waals surface area contributed by atoms with Crippen LogP contribution in [0.3, 0.4) is 0 Å². The molecule has 0 fully saturated rings. The van der Waals surface area contributed by atoms with Gasteiger partial charge in [-0.05, 0) is 38.7 Å². The Kier molecular flexibility index (Phi) is 5.61. The zero-order chi connectivity index (χ0) is 19.4. The third-order valence-corrected chi connectivity index (χ3v) is 4.22. The number of carbonyl (C=O) groups is 1. The van der Waals surface area contributed by atoms with Gasteiger partial charge < -0.3 is 9.42 Å². The summed E-state index contributed by atoms with van der Waals surface area (Å²) in [7, 11) is 5.52. The van der Waals surface area contributed by atoms with Crippen molar-refractivity contribution in [2.75, 3.05) is 21.1 Å². The van der Waals surface area contributed by atoms with Crippen molar-refractivity contribution in [3.05, 3.63) is 65.7 Å². The van der Waals surface area contributed by atoms with E-state index < -0.39 is 0 Å². The van der Waals surface area contributed by atoms with Gasteiger partial charge in [0.2, 0.25) is 17.6 Å². The lowest BCUT2D eigenvalue weighted by Crippen LogP contribution is -2.38. The molecule has 7 nitrogen and oxygen atoms in total. The summed E-state index contributed by atoms with van der Waals surface area (Å²) in [6.07, 6.45) is 1.67. The Hall–Kier alpha value is -3.06. The average molecular weight is 365 g/mol. The molecule has 0 radical (unpaired) electrons. The molecule has 1 unspecified atom stereocenters. The molecule has 7 heteroatoms. The second-order valence-electron chi connectivity index (χ2n) is 6.70. The van der Waals surface area contributed by atoms with E-state index in [4.69, 9.17) is 4.52 Å². The number of amides is 1. The van der Waals surface area contributed by atoms with Crippen LogP contribution in [0.2, 0.25) is 0 Å². The van der Waals surface area contributed by atoms with Crippen LogP contribution in [0.4, 0.5) is 0 Å². The van der Waals surface area contributed by atoms with Gasteiger partial charge in [0.05, 0.1) is 6.54 Å². The van der Waals surface area contributed by atoms with E-state index in [-0.39, 0.29) is 18.5 Å². The van der Waals surface area contributed by atoms with Gasteiger partial charge in [-0.15, -0.1) is 0 Å². The van der Waals surface area contributed by atoms with Crippen LogP contribution in [0, 0.1) is 6.92 Å². The summed E-state index contributed by atoms with van der Waals surface area (Å²) in [5, 5.41) is 3.95. The van der Waals surface area contributed by atoms with E-state index in [9.17, 15) is 4.79 Å². The van der Waals surface area contributed by atoms with Crippen molar-refractivity contribution in [3.63, 3.8) is 0 Å². The fraction of sp³-hybridized carbons (Fsp3) is 0.300. The van der Waals surface area contributed by atoms with E-state index in [1.807, 2.05) is 68.4 Å². The van der Waals surface area contributed by atoms with Gasteiger partial charge in [0.25, 0.3) is 0 Å². The third kappa shape index (κ3) is 4.38. The van der Waals surface area contributed by atoms with E-state index in [0.717, 1.165) is 11.1 Å². The minimum atomic E-state index is -0.381. The van der Waals surface area contributed by atoms with Crippen LogP contribution in [0.5, 0.6) is 0 Å². The Labute approximate surface area is 158 Å². The largest absolute Gasteiger partial charge is 0.337 e. The van der Waals surface area contributed by atoms with Crippen LogP contribution in [0.15, 0.2) is 53.2 Å². The van der Waals surface area contributed by atoms with Crippen LogP contribution in [-0.4, -0.2) is 52.0 Å². The first-order valence-electron chi connectivity index (χ1n) is 8.67. The molecule has 0 aliphatic carbocycles. The molecule has 3 rings (SSSR count). The fourth-order valence-corrected chi connectivity index (χ4v) is 2.91. The maximum atomic E-state index is 13.1. The van der Waals surface area contributed by atoms with Gasteiger partial charge in [-0.1, -0.05) is 41.1 Å². The van der Waals surface area contributed by atoms with Crippen LogP contribution < -0.4 is 0 Å². The van der Waals surface area contributed by atoms with Crippen molar-refractivity contribution in [2.24, 2.45) is 0 Å². The molecule has 1 aromatic carbocycles. The molecule has 1 amide bonds. The predicted molar refractivity (Wildman–Crippen MR) is 102 cm³/mol. The maximum absolute atomic E-state index is 13.1. The smallest absolute Gasteiger partial charge is 0.246 e. The van der Waals surface area contributed by atoms with Crippen molar-refractivity contribution in [1.82, 2.24) is 24.9 Å². The molecule has 3 aromatic rings. The predicted octanol–water partition coefficient (Wildman–Crippen LogP) is 2.70. The molecule has 0 bridgehead atoms. The highest BCUT2D eigenvalue weighted by atomic mass is 16.5. The Morgan fingerprint density at radius 1 is 1.15 bits per heavy atom. The summed E-state index contributed by atoms with van der Waals surface area (Å²) in [4.78, 5) is 25.1. The van der Waals surface area contributed by atoms with Crippen LogP contribution >= 0.6 is 0 Å². The minimum absolute atomic E-state index is 0.0387. The number of pyridine rings is 1. The monoisotopic (exact) mass is 365 g/mol. The van der Waals surface area contributed by atoms with Gasteiger partial charge in [0.15, 0.2) is 0 Å². The van der Waals surface area contributed by atoms with Crippen LogP contribution in [-0.2, 0) is 11.3 Å². The van der Waals surface area contributed by atoms with Crippen LogP contribution in [0.25, 0.3) is 11.5 Å². The highest BCUT2D eigenvalue weighted by molar-refractivity contribution is 5.83. The molecular weight excluding hydrogens is 342 g/mol. The van der Waals surface area contributed by atoms with Crippen molar-refractivity contribution in [3.8, 4) is 11.5 Å². The number of aryl methyl sites for hydroxylation is 1. The molecule has 0 aliphatic heterocycles. The van der Waals surface area contributed by atoms with E-state index >= 15 is 0 Å². The lowest BCUT2D eigenvalue weighted by Gasteiger charge is -2.28. The highest BCUT2D eigenvalue weighted by Gasteiger charge is 2.27. The van der Waals surface area contributed by atoms with Gasteiger partial charge in [-0.2, -0.15) is 4.98 Å². The molecule has 1 atom stereocenters. The summed E-state index contributed by atoms with van der Waals surface area (Å²) in [6, 6.07) is 13.1. The Morgan fingerprint density at radius 2 is 1.96 bits per heavy atom. The first kappa shape index (κ1) is 18.7. The third-order valence-electron chi connectivity index (χ3n) is 4.22. The molecule has 0 N–H and O–H groups in total. The number of likely N-dealkylation sites (N-methyl/N-ethyl adjacent to an activating group) is 2. The standard InChI is InChI=1S/C20H23N5O2/c1-14-8-7-9-15(12-14)18(24(2)3)20(26)25(4)13-17-22-19(23-27-17)16-10-5-6-11-21-16/h5-12,18H,13H2,1-4H3. The number of carbonyl (C=O) groups excluding carboxylic acids is 1. The van der Waals surface area contributed by atoms with Gasteiger partial charge >= 0.3 is 0 Å². The molecule has 2 aromatic heterocycles. The second-order valence-corrected chi connectivity index (χ2v) is 6.70. The first-order valence-corrected chi connectivity index (χ1v) is 8.67. The average Bonchev–Trinajstić information content (AvgIpc) is 3.11. The molecule has 140 valence electrons. The topological polar surface area (TPSA) is 75.4 Å². The fourth-order valence-electron chi connectivity index (χ4n) is 2.91. The van der Waals surface area contributed by atoms with Crippen molar-refractivity contribution in [2.45, 2.75) is 19.5 Å². The molecule has 27 heavy (non-hydrogen) atoms. The summed E-state index contributed by atoms with van der Waals surface area (Å²) in [6.45, 7) is 2.25. The SMILES string of the molecule is Cc1cccc(C(C(=O)N(C)Cc2nc(-c3ccccn3)no2)N(C)C)c1. The van der Waals surface area contributed by atoms with E-state index in [1.165, 1.54) is 0 Å². The Bertz CT molecular complexity index is 908. The maximum Gasteiger partial charge on any atom is 0.246 e. The lowest BCUT2D eigenvalue weighted by atomic mass is 10.0. The summed E-state index contributed by atoms with van der Waals surface area (Å²) in [5.41, 5.74) is 2.70. The summed E-state index contributed by atoms with van der Waals surface area (Å²) < 4.78 is 5.30. The van der Waals surface area contributed by atoms with E-state index in [0.29, 0.717) is 17.4 Å². The molecule has 0 saturated heterocycles. The molecule has 0 saturated carbocycles. The number of benzene rings is 1. The van der Waals surface area contributed by atoms with Gasteiger partial charge in [0, 0.05) is 13.2 Å². The zero-order valence-corrected chi connectivity index (χ0v) is 16.0. The van der Waals surface area contributed by atoms with Crippen molar-refractivity contribution >= 4 is 5.91 Å². The van der Waals surface area contributed by atoms with Crippen molar-refractivity contribution < 1.29 is 9.32 Å². The molecule has 2 heterocycles. The lowest BCUT2D eigenvalue weighted by molar-refractivity contribution is -0.135. The Morgan fingerprint density at radius 3 is 2.63 bits per heavy atom. The summed E-state index contributed by atoms with van der Waals surface area (Å²) >= 11 is 0. The summed E-state index contributed by atoms with van der Waals surface area (Å²) in [5.74, 6) is 0.741. The van der Waals surface area contributed by atoms with Gasteiger partial charge in [-0.25, -0.2) is 0 Å². The molecule has 0 aliphatic rings. The first-order chi connectivity index (χ1) is 13.0. The van der Waals surface area contributed by atoms with E-state index in [2.05, 4.69) is 15.1 Å². The number of hydrogen-bond acceptors (Lipinski definition) is 6. The normalized spacial score (nSPS) is 12.2. The highest BCUT2D eigenvalue weighted by Crippen LogP contribution is 2.22.